The Morgan fingerprint density at radius 3 is 2.71 bits per heavy atom. The topological polar surface area (TPSA) is 78.5 Å². The van der Waals surface area contributed by atoms with Gasteiger partial charge in [-0.3, -0.25) is 13.9 Å². The van der Waals surface area contributed by atoms with Gasteiger partial charge in [-0.05, 0) is 35.9 Å². The van der Waals surface area contributed by atoms with Gasteiger partial charge in [0, 0.05) is 24.7 Å². The van der Waals surface area contributed by atoms with Gasteiger partial charge in [-0.1, -0.05) is 23.7 Å². The van der Waals surface area contributed by atoms with Crippen LogP contribution in [0.2, 0.25) is 5.02 Å². The number of halogens is 1. The lowest BCUT2D eigenvalue weighted by Crippen LogP contribution is -2.16. The number of nitrogens with zero attached hydrogens (tertiary/aromatic N) is 4. The van der Waals surface area contributed by atoms with Crippen molar-refractivity contribution in [1.29, 1.82) is 0 Å². The minimum atomic E-state index is -0.483. The second-order valence-electron chi connectivity index (χ2n) is 6.14. The van der Waals surface area contributed by atoms with Crippen molar-refractivity contribution in [3.05, 3.63) is 99.3 Å². The second kappa shape index (κ2) is 7.66. The van der Waals surface area contributed by atoms with Crippen LogP contribution in [0.15, 0.2) is 71.9 Å². The first-order valence-electron chi connectivity index (χ1n) is 8.50. The zero-order valence-electron chi connectivity index (χ0n) is 14.7. The lowest BCUT2D eigenvalue weighted by molar-refractivity contribution is 0.0467. The molecule has 0 aliphatic carbocycles. The summed E-state index contributed by atoms with van der Waals surface area (Å²) < 4.78 is 8.43. The molecule has 0 radical (unpaired) electrons. The molecule has 0 saturated heterocycles. The van der Waals surface area contributed by atoms with E-state index in [-0.39, 0.29) is 12.2 Å². The predicted octanol–water partition coefficient (Wildman–Crippen LogP) is 2.95. The molecule has 0 unspecified atom stereocenters. The highest BCUT2D eigenvalue weighted by Gasteiger charge is 2.10. The number of benzene rings is 1. The van der Waals surface area contributed by atoms with Crippen LogP contribution in [0.5, 0.6) is 0 Å². The van der Waals surface area contributed by atoms with Crippen LogP contribution < -0.4 is 5.56 Å². The van der Waals surface area contributed by atoms with Crippen LogP contribution in [0.4, 0.5) is 0 Å². The maximum atomic E-state index is 12.3. The van der Waals surface area contributed by atoms with E-state index in [1.165, 1.54) is 16.7 Å². The number of rotatable bonds is 5. The van der Waals surface area contributed by atoms with Gasteiger partial charge in [-0.25, -0.2) is 9.78 Å². The molecule has 0 saturated carbocycles. The molecule has 0 bridgehead atoms. The van der Waals surface area contributed by atoms with Gasteiger partial charge >= 0.3 is 5.97 Å². The zero-order chi connectivity index (χ0) is 19.5. The number of pyridine rings is 1. The Hall–Kier alpha value is -3.45. The van der Waals surface area contributed by atoms with Crippen LogP contribution >= 0.6 is 11.6 Å². The fourth-order valence-corrected chi connectivity index (χ4v) is 2.91. The number of ether oxygens (including phenoxy) is 1. The number of fused-ring (bicyclic) bond motifs is 1. The third-order valence-electron chi connectivity index (χ3n) is 4.12. The average Bonchev–Trinajstić information content (AvgIpc) is 3.20. The Balaban J connectivity index is 1.43. The first kappa shape index (κ1) is 17.9. The van der Waals surface area contributed by atoms with Crippen molar-refractivity contribution in [2.75, 3.05) is 0 Å². The van der Waals surface area contributed by atoms with Crippen molar-refractivity contribution in [2.45, 2.75) is 13.2 Å². The summed E-state index contributed by atoms with van der Waals surface area (Å²) in [7, 11) is 0. The minimum Gasteiger partial charge on any atom is -0.456 e. The van der Waals surface area contributed by atoms with Gasteiger partial charge in [0.2, 0.25) is 0 Å². The highest BCUT2D eigenvalue weighted by molar-refractivity contribution is 6.30. The maximum absolute atomic E-state index is 12.3. The monoisotopic (exact) mass is 394 g/mol. The summed E-state index contributed by atoms with van der Waals surface area (Å²) in [6.07, 6.45) is 5.08. The van der Waals surface area contributed by atoms with Gasteiger partial charge in [0.15, 0.2) is 0 Å². The first-order valence-corrected chi connectivity index (χ1v) is 8.88. The normalized spacial score (nSPS) is 10.9. The lowest BCUT2D eigenvalue weighted by Gasteiger charge is -2.07. The molecular weight excluding hydrogens is 380 g/mol. The molecule has 0 aliphatic heterocycles. The van der Waals surface area contributed by atoms with Crippen LogP contribution in [0.3, 0.4) is 0 Å². The molecule has 0 N–H and O–H groups in total. The molecule has 3 heterocycles. The summed E-state index contributed by atoms with van der Waals surface area (Å²) in [4.78, 5) is 28.7. The number of esters is 1. The first-order chi connectivity index (χ1) is 13.6. The van der Waals surface area contributed by atoms with Crippen molar-refractivity contribution in [2.24, 2.45) is 0 Å². The summed E-state index contributed by atoms with van der Waals surface area (Å²) >= 11 is 5.89. The second-order valence-corrected chi connectivity index (χ2v) is 6.57. The van der Waals surface area contributed by atoms with Crippen LogP contribution in [0.1, 0.15) is 21.6 Å². The van der Waals surface area contributed by atoms with Gasteiger partial charge in [0.05, 0.1) is 22.8 Å². The van der Waals surface area contributed by atoms with E-state index in [4.69, 9.17) is 16.3 Å². The van der Waals surface area contributed by atoms with Crippen molar-refractivity contribution >= 4 is 23.2 Å². The van der Waals surface area contributed by atoms with Crippen molar-refractivity contribution in [3.8, 4) is 0 Å². The van der Waals surface area contributed by atoms with Crippen LogP contribution in [-0.4, -0.2) is 25.1 Å². The lowest BCUT2D eigenvalue weighted by atomic mass is 10.1. The summed E-state index contributed by atoms with van der Waals surface area (Å²) in [6.45, 7) is 0.527. The number of hydrogen-bond donors (Lipinski definition) is 0. The molecule has 0 fully saturated rings. The SMILES string of the molecule is O=C(OCc1cc(=O)n2cc(Cl)ccc2n1)c1ccc(Cn2cccn2)cc1. The van der Waals surface area contributed by atoms with E-state index in [2.05, 4.69) is 10.1 Å². The highest BCUT2D eigenvalue weighted by atomic mass is 35.5. The Bertz CT molecular complexity index is 1180. The van der Waals surface area contributed by atoms with Crippen LogP contribution in [0.25, 0.3) is 5.65 Å². The average molecular weight is 395 g/mol. The molecule has 3 aromatic heterocycles. The van der Waals surface area contributed by atoms with E-state index >= 15 is 0 Å². The zero-order valence-corrected chi connectivity index (χ0v) is 15.4. The standard InChI is InChI=1S/C20H15ClN4O3/c21-16-6-7-18-23-17(10-19(26)25(18)12-16)13-28-20(27)15-4-2-14(3-5-15)11-24-9-1-8-22-24/h1-10,12H,11,13H2. The largest absolute Gasteiger partial charge is 0.456 e. The van der Waals surface area contributed by atoms with E-state index in [0.29, 0.717) is 28.5 Å². The molecule has 8 heteroatoms. The Morgan fingerprint density at radius 2 is 1.96 bits per heavy atom. The fraction of sp³-hybridized carbons (Fsp3) is 0.100. The molecule has 7 nitrogen and oxygen atoms in total. The van der Waals surface area contributed by atoms with Gasteiger partial charge in [-0.2, -0.15) is 5.10 Å². The third kappa shape index (κ3) is 3.94. The van der Waals surface area contributed by atoms with Gasteiger partial charge in [-0.15, -0.1) is 0 Å². The quantitative estimate of drug-likeness (QED) is 0.486. The molecule has 0 aliphatic rings. The number of carbonyl (C=O) groups excluding carboxylic acids is 1. The van der Waals surface area contributed by atoms with Gasteiger partial charge < -0.3 is 4.74 Å². The van der Waals surface area contributed by atoms with E-state index in [1.807, 2.05) is 24.4 Å². The molecule has 28 heavy (non-hydrogen) atoms. The highest BCUT2D eigenvalue weighted by Crippen LogP contribution is 2.11. The fourth-order valence-electron chi connectivity index (χ4n) is 2.75. The number of hydrogen-bond acceptors (Lipinski definition) is 5. The molecule has 4 rings (SSSR count). The van der Waals surface area contributed by atoms with Gasteiger partial charge in [0.1, 0.15) is 12.3 Å². The van der Waals surface area contributed by atoms with E-state index in [9.17, 15) is 9.59 Å². The third-order valence-corrected chi connectivity index (χ3v) is 4.34. The molecule has 1 aromatic carbocycles. The molecular formula is C20H15ClN4O3. The molecule has 0 atom stereocenters. The minimum absolute atomic E-state index is 0.0950. The Morgan fingerprint density at radius 1 is 1.14 bits per heavy atom. The van der Waals surface area contributed by atoms with E-state index in [0.717, 1.165) is 5.56 Å². The number of carbonyl (C=O) groups is 1. The summed E-state index contributed by atoms with van der Waals surface area (Å²) in [5.74, 6) is -0.483. The Labute approximate surface area is 164 Å². The smallest absolute Gasteiger partial charge is 0.338 e. The molecule has 0 spiro atoms. The van der Waals surface area contributed by atoms with Crippen LogP contribution in [0, 0.1) is 0 Å². The molecule has 140 valence electrons. The molecule has 0 amide bonds. The van der Waals surface area contributed by atoms with Gasteiger partial charge in [0.25, 0.3) is 5.56 Å². The summed E-state index contributed by atoms with van der Waals surface area (Å²) in [5.41, 5.74) is 1.96. The number of aromatic nitrogens is 4. The molecule has 4 aromatic rings. The summed E-state index contributed by atoms with van der Waals surface area (Å²) in [6, 6.07) is 13.6. The van der Waals surface area contributed by atoms with E-state index in [1.54, 1.807) is 35.1 Å². The van der Waals surface area contributed by atoms with Crippen molar-refractivity contribution in [3.63, 3.8) is 0 Å². The summed E-state index contributed by atoms with van der Waals surface area (Å²) in [5, 5.41) is 4.59. The van der Waals surface area contributed by atoms with E-state index < -0.39 is 5.97 Å². The predicted molar refractivity (Wildman–Crippen MR) is 103 cm³/mol. The van der Waals surface area contributed by atoms with Crippen LogP contribution in [-0.2, 0) is 17.9 Å². The Kier molecular flexibility index (Phi) is 4.90. The maximum Gasteiger partial charge on any atom is 0.338 e. The van der Waals surface area contributed by atoms with Crippen molar-refractivity contribution in [1.82, 2.24) is 19.2 Å². The van der Waals surface area contributed by atoms with Crippen molar-refractivity contribution < 1.29 is 9.53 Å².